The van der Waals surface area contributed by atoms with Crippen molar-refractivity contribution < 1.29 is 17.7 Å². The topological polar surface area (TPSA) is 94.4 Å². The van der Waals surface area contributed by atoms with E-state index in [2.05, 4.69) is 10.3 Å². The van der Waals surface area contributed by atoms with Crippen LogP contribution in [-0.4, -0.2) is 44.3 Å². The lowest BCUT2D eigenvalue weighted by Crippen LogP contribution is -2.31. The first-order valence-corrected chi connectivity index (χ1v) is 6.77. The van der Waals surface area contributed by atoms with Gasteiger partial charge in [-0.25, -0.2) is 8.42 Å². The van der Waals surface area contributed by atoms with Gasteiger partial charge in [-0.05, 0) is 24.3 Å². The van der Waals surface area contributed by atoms with Gasteiger partial charge in [0.2, 0.25) is 0 Å². The molecule has 1 aromatic rings. The summed E-state index contributed by atoms with van der Waals surface area (Å²) in [4.78, 5) is -0.271. The molecule has 1 aliphatic heterocycles. The van der Waals surface area contributed by atoms with Crippen molar-refractivity contribution in [2.45, 2.75) is 4.90 Å². The van der Waals surface area contributed by atoms with Crippen LogP contribution in [0.3, 0.4) is 0 Å². The summed E-state index contributed by atoms with van der Waals surface area (Å²) < 4.78 is 37.3. The van der Waals surface area contributed by atoms with Gasteiger partial charge in [0.1, 0.15) is 10.1 Å². The molecule has 98 valence electrons. The fourth-order valence-electron chi connectivity index (χ4n) is 1.44. The SMILES string of the molecule is O=S(=O)([O-])c1ccc(N=NN2CCOCC2)cc1. The van der Waals surface area contributed by atoms with Gasteiger partial charge in [-0.15, -0.1) is 5.11 Å². The molecule has 18 heavy (non-hydrogen) atoms. The van der Waals surface area contributed by atoms with E-state index in [9.17, 15) is 13.0 Å². The quantitative estimate of drug-likeness (QED) is 0.601. The summed E-state index contributed by atoms with van der Waals surface area (Å²) in [6.07, 6.45) is 0. The van der Waals surface area contributed by atoms with Crippen LogP contribution >= 0.6 is 0 Å². The molecule has 0 aromatic heterocycles. The highest BCUT2D eigenvalue weighted by molar-refractivity contribution is 7.85. The zero-order chi connectivity index (χ0) is 13.0. The van der Waals surface area contributed by atoms with Crippen LogP contribution in [0.5, 0.6) is 0 Å². The molecule has 0 bridgehead atoms. The molecule has 0 aliphatic carbocycles. The van der Waals surface area contributed by atoms with Gasteiger partial charge in [0.15, 0.2) is 0 Å². The first-order valence-electron chi connectivity index (χ1n) is 5.36. The lowest BCUT2D eigenvalue weighted by molar-refractivity contribution is 0.0353. The van der Waals surface area contributed by atoms with Crippen LogP contribution in [0, 0.1) is 0 Å². The van der Waals surface area contributed by atoms with Crippen molar-refractivity contribution in [3.63, 3.8) is 0 Å². The molecule has 8 heteroatoms. The molecule has 0 unspecified atom stereocenters. The van der Waals surface area contributed by atoms with Crippen LogP contribution < -0.4 is 0 Å². The van der Waals surface area contributed by atoms with Gasteiger partial charge in [-0.1, -0.05) is 5.22 Å². The Morgan fingerprint density at radius 1 is 1.17 bits per heavy atom. The predicted molar refractivity (Wildman–Crippen MR) is 61.3 cm³/mol. The van der Waals surface area contributed by atoms with Crippen molar-refractivity contribution in [1.29, 1.82) is 0 Å². The maximum atomic E-state index is 10.7. The van der Waals surface area contributed by atoms with Gasteiger partial charge >= 0.3 is 0 Å². The molecule has 0 atom stereocenters. The second-order valence-corrected chi connectivity index (χ2v) is 5.08. The third-order valence-corrected chi connectivity index (χ3v) is 3.25. The normalized spacial score (nSPS) is 17.3. The highest BCUT2D eigenvalue weighted by Gasteiger charge is 2.07. The Kier molecular flexibility index (Phi) is 3.90. The number of benzene rings is 1. The zero-order valence-electron chi connectivity index (χ0n) is 9.52. The molecule has 0 N–H and O–H groups in total. The Balaban J connectivity index is 2.03. The highest BCUT2D eigenvalue weighted by Crippen LogP contribution is 2.17. The van der Waals surface area contributed by atoms with Crippen molar-refractivity contribution in [2.24, 2.45) is 10.3 Å². The number of rotatable bonds is 3. The minimum atomic E-state index is -4.40. The molecule has 0 saturated carbocycles. The molecule has 0 spiro atoms. The third-order valence-electron chi connectivity index (χ3n) is 2.40. The van der Waals surface area contributed by atoms with Crippen molar-refractivity contribution in [2.75, 3.05) is 26.3 Å². The number of hydrogen-bond acceptors (Lipinski definition) is 6. The second-order valence-electron chi connectivity index (χ2n) is 3.70. The summed E-state index contributed by atoms with van der Waals surface area (Å²) in [6.45, 7) is 2.59. The Morgan fingerprint density at radius 3 is 2.33 bits per heavy atom. The fourth-order valence-corrected chi connectivity index (χ4v) is 1.91. The number of morpholine rings is 1. The van der Waals surface area contributed by atoms with E-state index in [-0.39, 0.29) is 4.90 Å². The molecule has 1 saturated heterocycles. The van der Waals surface area contributed by atoms with E-state index < -0.39 is 10.1 Å². The van der Waals surface area contributed by atoms with E-state index in [0.717, 1.165) is 0 Å². The first kappa shape index (κ1) is 12.9. The molecule has 2 rings (SSSR count). The van der Waals surface area contributed by atoms with E-state index in [1.807, 2.05) is 0 Å². The van der Waals surface area contributed by atoms with E-state index in [4.69, 9.17) is 4.74 Å². The first-order chi connectivity index (χ1) is 8.55. The maximum Gasteiger partial charge on any atom is 0.124 e. The highest BCUT2D eigenvalue weighted by atomic mass is 32.2. The van der Waals surface area contributed by atoms with E-state index in [1.165, 1.54) is 24.3 Å². The van der Waals surface area contributed by atoms with Crippen molar-refractivity contribution in [1.82, 2.24) is 5.01 Å². The van der Waals surface area contributed by atoms with Gasteiger partial charge in [-0.3, -0.25) is 5.01 Å². The largest absolute Gasteiger partial charge is 0.744 e. The summed E-state index contributed by atoms with van der Waals surface area (Å²) in [5.74, 6) is 0. The molecule has 0 radical (unpaired) electrons. The standard InChI is InChI=1S/C10H13N3O4S/c14-18(15,16)10-3-1-9(2-4-10)11-12-13-5-7-17-8-6-13/h1-4H,5-8H2,(H,14,15,16)/p-1. The van der Waals surface area contributed by atoms with Gasteiger partial charge < -0.3 is 9.29 Å². The van der Waals surface area contributed by atoms with Gasteiger partial charge in [-0.2, -0.15) is 0 Å². The smallest absolute Gasteiger partial charge is 0.124 e. The van der Waals surface area contributed by atoms with Crippen LogP contribution in [0.1, 0.15) is 0 Å². The van der Waals surface area contributed by atoms with E-state index >= 15 is 0 Å². The Labute approximate surface area is 105 Å². The lowest BCUT2D eigenvalue weighted by atomic mass is 10.3. The minimum absolute atomic E-state index is 0.271. The van der Waals surface area contributed by atoms with Gasteiger partial charge in [0, 0.05) is 0 Å². The zero-order valence-corrected chi connectivity index (χ0v) is 10.3. The summed E-state index contributed by atoms with van der Waals surface area (Å²) >= 11 is 0. The average Bonchev–Trinajstić information content (AvgIpc) is 2.37. The number of hydrogen-bond donors (Lipinski definition) is 0. The molecule has 1 heterocycles. The molecular formula is C10H12N3O4S-. The summed E-state index contributed by atoms with van der Waals surface area (Å²) in [7, 11) is -4.40. The predicted octanol–water partition coefficient (Wildman–Crippen LogP) is 0.922. The van der Waals surface area contributed by atoms with Crippen LogP contribution in [0.4, 0.5) is 5.69 Å². The van der Waals surface area contributed by atoms with Gasteiger partial charge in [0.05, 0.1) is 36.9 Å². The van der Waals surface area contributed by atoms with E-state index in [1.54, 1.807) is 5.01 Å². The van der Waals surface area contributed by atoms with E-state index in [0.29, 0.717) is 32.0 Å². The Morgan fingerprint density at radius 2 is 1.78 bits per heavy atom. The number of ether oxygens (including phenoxy) is 1. The van der Waals surface area contributed by atoms with Crippen LogP contribution in [-0.2, 0) is 14.9 Å². The third kappa shape index (κ3) is 3.49. The maximum absolute atomic E-state index is 10.7. The van der Waals surface area contributed by atoms with Crippen molar-refractivity contribution >= 4 is 15.8 Å². The van der Waals surface area contributed by atoms with Crippen LogP contribution in [0.15, 0.2) is 39.5 Å². The molecule has 1 aliphatic rings. The van der Waals surface area contributed by atoms with Crippen molar-refractivity contribution in [3.05, 3.63) is 24.3 Å². The minimum Gasteiger partial charge on any atom is -0.744 e. The summed E-state index contributed by atoms with van der Waals surface area (Å²) in [5, 5.41) is 9.71. The van der Waals surface area contributed by atoms with Crippen LogP contribution in [0.25, 0.3) is 0 Å². The molecule has 7 nitrogen and oxygen atoms in total. The number of nitrogens with zero attached hydrogens (tertiary/aromatic N) is 3. The monoisotopic (exact) mass is 270 g/mol. The fraction of sp³-hybridized carbons (Fsp3) is 0.400. The molecular weight excluding hydrogens is 258 g/mol. The lowest BCUT2D eigenvalue weighted by Gasteiger charge is -2.22. The summed E-state index contributed by atoms with van der Waals surface area (Å²) in [5.41, 5.74) is 0.494. The molecule has 0 amide bonds. The Bertz CT molecular complexity index is 521. The summed E-state index contributed by atoms with van der Waals surface area (Å²) in [6, 6.07) is 5.31. The molecule has 1 aromatic carbocycles. The van der Waals surface area contributed by atoms with Crippen molar-refractivity contribution in [3.8, 4) is 0 Å². The van der Waals surface area contributed by atoms with Crippen LogP contribution in [0.2, 0.25) is 0 Å². The van der Waals surface area contributed by atoms with Gasteiger partial charge in [0.25, 0.3) is 0 Å². The average molecular weight is 270 g/mol. The Hall–Kier alpha value is -1.51. The molecule has 1 fully saturated rings. The second kappa shape index (κ2) is 5.42.